The van der Waals surface area contributed by atoms with Crippen molar-refractivity contribution in [1.82, 2.24) is 4.90 Å². The molecule has 0 N–H and O–H groups in total. The number of hydrogen-bond acceptors (Lipinski definition) is 1. The van der Waals surface area contributed by atoms with E-state index in [4.69, 9.17) is 0 Å². The first-order valence-corrected chi connectivity index (χ1v) is 3.70. The van der Waals surface area contributed by atoms with E-state index < -0.39 is 0 Å². The van der Waals surface area contributed by atoms with Crippen molar-refractivity contribution in [2.75, 3.05) is 13.6 Å². The predicted octanol–water partition coefficient (Wildman–Crippen LogP) is 1.18. The van der Waals surface area contributed by atoms with Gasteiger partial charge in [-0.1, -0.05) is 13.0 Å². The van der Waals surface area contributed by atoms with Crippen LogP contribution in [-0.2, 0) is 4.79 Å². The van der Waals surface area contributed by atoms with Crippen LogP contribution in [0.3, 0.4) is 0 Å². The molecule has 1 rings (SSSR count). The second-order valence-electron chi connectivity index (χ2n) is 2.60. The highest BCUT2D eigenvalue weighted by molar-refractivity contribution is 5.93. The van der Waals surface area contributed by atoms with Crippen LogP contribution >= 0.6 is 0 Å². The number of carbonyl (C=O) groups excluding carboxylic acids is 1. The monoisotopic (exact) mass is 139 g/mol. The molecule has 0 fully saturated rings. The topological polar surface area (TPSA) is 20.3 Å². The average molecular weight is 139 g/mol. The van der Waals surface area contributed by atoms with Crippen LogP contribution in [0.4, 0.5) is 0 Å². The Morgan fingerprint density at radius 1 is 1.70 bits per heavy atom. The highest BCUT2D eigenvalue weighted by Gasteiger charge is 2.15. The van der Waals surface area contributed by atoms with Gasteiger partial charge in [0.1, 0.15) is 0 Å². The first-order chi connectivity index (χ1) is 4.75. The van der Waals surface area contributed by atoms with Gasteiger partial charge >= 0.3 is 0 Å². The summed E-state index contributed by atoms with van der Waals surface area (Å²) in [5.41, 5.74) is 0.966. The Balaban J connectivity index is 2.72. The maximum Gasteiger partial charge on any atom is 0.249 e. The van der Waals surface area contributed by atoms with E-state index in [1.165, 1.54) is 0 Å². The number of hydrogen-bond donors (Lipinski definition) is 0. The minimum Gasteiger partial charge on any atom is -0.342 e. The molecule has 0 atom stereocenters. The fourth-order valence-corrected chi connectivity index (χ4v) is 1.16. The number of rotatable bonds is 1. The fraction of sp³-hybridized carbons (Fsp3) is 0.625. The Kier molecular flexibility index (Phi) is 2.10. The molecule has 56 valence electrons. The first kappa shape index (κ1) is 7.32. The molecular weight excluding hydrogens is 126 g/mol. The van der Waals surface area contributed by atoms with E-state index in [0.717, 1.165) is 25.0 Å². The molecule has 0 aromatic carbocycles. The van der Waals surface area contributed by atoms with Crippen LogP contribution in [-0.4, -0.2) is 24.4 Å². The quantitative estimate of drug-likeness (QED) is 0.534. The maximum atomic E-state index is 11.2. The third-order valence-corrected chi connectivity index (χ3v) is 1.86. The van der Waals surface area contributed by atoms with Crippen LogP contribution in [0.25, 0.3) is 0 Å². The van der Waals surface area contributed by atoms with E-state index in [1.54, 1.807) is 4.90 Å². The molecule has 10 heavy (non-hydrogen) atoms. The van der Waals surface area contributed by atoms with Gasteiger partial charge in [0, 0.05) is 19.2 Å². The van der Waals surface area contributed by atoms with Gasteiger partial charge in [0.25, 0.3) is 0 Å². The molecule has 1 heterocycles. The Morgan fingerprint density at radius 3 is 2.90 bits per heavy atom. The van der Waals surface area contributed by atoms with Crippen LogP contribution in [0.5, 0.6) is 0 Å². The molecule has 0 aliphatic carbocycles. The summed E-state index contributed by atoms with van der Waals surface area (Å²) in [5, 5.41) is 0. The molecule has 0 unspecified atom stereocenters. The van der Waals surface area contributed by atoms with Crippen molar-refractivity contribution in [3.8, 4) is 0 Å². The zero-order chi connectivity index (χ0) is 7.56. The van der Waals surface area contributed by atoms with Gasteiger partial charge in [-0.3, -0.25) is 4.79 Å². The van der Waals surface area contributed by atoms with Crippen LogP contribution in [0.1, 0.15) is 19.8 Å². The lowest BCUT2D eigenvalue weighted by atomic mass is 10.1. The van der Waals surface area contributed by atoms with Crippen molar-refractivity contribution in [3.63, 3.8) is 0 Å². The lowest BCUT2D eigenvalue weighted by molar-refractivity contribution is -0.126. The van der Waals surface area contributed by atoms with E-state index in [0.29, 0.717) is 0 Å². The SMILES string of the molecule is CCC1=CCCN(C)C1=O. The molecule has 1 amide bonds. The van der Waals surface area contributed by atoms with Gasteiger partial charge in [-0.25, -0.2) is 0 Å². The first-order valence-electron chi connectivity index (χ1n) is 3.70. The van der Waals surface area contributed by atoms with E-state index in [2.05, 4.69) is 0 Å². The van der Waals surface area contributed by atoms with Crippen molar-refractivity contribution >= 4 is 5.91 Å². The summed E-state index contributed by atoms with van der Waals surface area (Å²) in [6.07, 6.45) is 3.93. The predicted molar refractivity (Wildman–Crippen MR) is 40.6 cm³/mol. The Morgan fingerprint density at radius 2 is 2.40 bits per heavy atom. The molecule has 0 aromatic rings. The van der Waals surface area contributed by atoms with E-state index in [-0.39, 0.29) is 5.91 Å². The average Bonchev–Trinajstić information content (AvgIpc) is 1.95. The van der Waals surface area contributed by atoms with Crippen molar-refractivity contribution in [2.24, 2.45) is 0 Å². The summed E-state index contributed by atoms with van der Waals surface area (Å²) in [6, 6.07) is 0. The van der Waals surface area contributed by atoms with E-state index >= 15 is 0 Å². The number of amides is 1. The zero-order valence-electron chi connectivity index (χ0n) is 6.55. The highest BCUT2D eigenvalue weighted by Crippen LogP contribution is 2.11. The lowest BCUT2D eigenvalue weighted by Gasteiger charge is -2.21. The third kappa shape index (κ3) is 1.20. The summed E-state index contributed by atoms with van der Waals surface area (Å²) < 4.78 is 0. The second-order valence-corrected chi connectivity index (χ2v) is 2.60. The normalized spacial score (nSPS) is 19.2. The van der Waals surface area contributed by atoms with Crippen LogP contribution in [0.15, 0.2) is 11.6 Å². The van der Waals surface area contributed by atoms with Crippen LogP contribution < -0.4 is 0 Å². The molecule has 0 bridgehead atoms. The van der Waals surface area contributed by atoms with Gasteiger partial charge in [-0.2, -0.15) is 0 Å². The molecule has 1 aliphatic rings. The summed E-state index contributed by atoms with van der Waals surface area (Å²) in [7, 11) is 1.85. The van der Waals surface area contributed by atoms with E-state index in [1.807, 2.05) is 20.0 Å². The highest BCUT2D eigenvalue weighted by atomic mass is 16.2. The molecule has 0 aromatic heterocycles. The van der Waals surface area contributed by atoms with E-state index in [9.17, 15) is 4.79 Å². The Bertz CT molecular complexity index is 172. The third-order valence-electron chi connectivity index (χ3n) is 1.86. The molecular formula is C8H13NO. The lowest BCUT2D eigenvalue weighted by Crippen LogP contribution is -2.31. The minimum atomic E-state index is 0.203. The number of likely N-dealkylation sites (N-methyl/N-ethyl adjacent to an activating group) is 1. The maximum absolute atomic E-state index is 11.2. The van der Waals surface area contributed by atoms with Gasteiger partial charge in [-0.05, 0) is 12.8 Å². The van der Waals surface area contributed by atoms with Crippen molar-refractivity contribution < 1.29 is 4.79 Å². The second kappa shape index (κ2) is 2.86. The van der Waals surface area contributed by atoms with Gasteiger partial charge in [0.15, 0.2) is 0 Å². The molecule has 0 radical (unpaired) electrons. The molecule has 1 aliphatic heterocycles. The summed E-state index contributed by atoms with van der Waals surface area (Å²) in [4.78, 5) is 13.0. The molecule has 0 saturated carbocycles. The number of nitrogens with zero attached hydrogens (tertiary/aromatic N) is 1. The van der Waals surface area contributed by atoms with Crippen molar-refractivity contribution in [2.45, 2.75) is 19.8 Å². The van der Waals surface area contributed by atoms with Crippen molar-refractivity contribution in [1.29, 1.82) is 0 Å². The zero-order valence-corrected chi connectivity index (χ0v) is 6.55. The smallest absolute Gasteiger partial charge is 0.249 e. The summed E-state index contributed by atoms with van der Waals surface area (Å²) in [5.74, 6) is 0.203. The van der Waals surface area contributed by atoms with Gasteiger partial charge in [0.05, 0.1) is 0 Å². The van der Waals surface area contributed by atoms with Crippen LogP contribution in [0, 0.1) is 0 Å². The Hall–Kier alpha value is -0.790. The Labute approximate surface area is 61.5 Å². The standard InChI is InChI=1S/C8H13NO/c1-3-7-5-4-6-9(2)8(7)10/h5H,3-4,6H2,1-2H3. The van der Waals surface area contributed by atoms with Gasteiger partial charge in [0.2, 0.25) is 5.91 Å². The van der Waals surface area contributed by atoms with Crippen LogP contribution in [0.2, 0.25) is 0 Å². The fourth-order valence-electron chi connectivity index (χ4n) is 1.16. The summed E-state index contributed by atoms with van der Waals surface area (Å²) >= 11 is 0. The van der Waals surface area contributed by atoms with Gasteiger partial charge in [-0.15, -0.1) is 0 Å². The van der Waals surface area contributed by atoms with Gasteiger partial charge < -0.3 is 4.90 Å². The number of carbonyl (C=O) groups is 1. The molecule has 2 heteroatoms. The minimum absolute atomic E-state index is 0.203. The molecule has 0 spiro atoms. The largest absolute Gasteiger partial charge is 0.342 e. The molecule has 0 saturated heterocycles. The van der Waals surface area contributed by atoms with Crippen molar-refractivity contribution in [3.05, 3.63) is 11.6 Å². The summed E-state index contributed by atoms with van der Waals surface area (Å²) in [6.45, 7) is 2.89. The molecule has 2 nitrogen and oxygen atoms in total.